The van der Waals surface area contributed by atoms with Crippen molar-refractivity contribution in [3.8, 4) is 5.69 Å². The molecule has 0 bridgehead atoms. The fraction of sp³-hybridized carbons (Fsp3) is 0.350. The summed E-state index contributed by atoms with van der Waals surface area (Å²) >= 11 is 1.46. The Kier molecular flexibility index (Phi) is 8.71. The van der Waals surface area contributed by atoms with E-state index in [9.17, 15) is 18.1 Å². The Balaban J connectivity index is 0.000000262. The molecule has 1 heterocycles. The van der Waals surface area contributed by atoms with Crippen molar-refractivity contribution < 1.29 is 22.6 Å². The smallest absolute Gasteiger partial charge is 0.214 e. The molecule has 0 aliphatic heterocycles. The van der Waals surface area contributed by atoms with Gasteiger partial charge in [-0.15, -0.1) is 5.10 Å². The average Bonchev–Trinajstić information content (AvgIpc) is 3.14. The Labute approximate surface area is 187 Å². The zero-order valence-electron chi connectivity index (χ0n) is 17.9. The van der Waals surface area contributed by atoms with Gasteiger partial charge in [0.15, 0.2) is 0 Å². The minimum atomic E-state index is -4.27. The first-order valence-corrected chi connectivity index (χ1v) is 11.8. The van der Waals surface area contributed by atoms with E-state index in [-0.39, 0.29) is 11.0 Å². The fourth-order valence-corrected chi connectivity index (χ4v) is 3.84. The largest absolute Gasteiger partial charge is 0.744 e. The standard InChI is InChI=1S/C13H20N5OS.C7H8O3S/c1-18(2,3)9-12(19)10-20-13-14-15-16-17(13)11-7-5-4-6-8-11;1-6-2-4-7(5-3-6)11(8,9)10/h4-8,12,19H,9-10H2,1-3H3;2-5H,1H3,(H,8,9,10)/q+1;/p-1. The summed E-state index contributed by atoms with van der Waals surface area (Å²) in [5.74, 6) is 0.572. The van der Waals surface area contributed by atoms with Gasteiger partial charge in [0.2, 0.25) is 5.16 Å². The van der Waals surface area contributed by atoms with E-state index in [2.05, 4.69) is 36.7 Å². The van der Waals surface area contributed by atoms with Crippen molar-refractivity contribution in [2.24, 2.45) is 0 Å². The number of rotatable bonds is 7. The van der Waals surface area contributed by atoms with Crippen LogP contribution < -0.4 is 0 Å². The Bertz CT molecular complexity index is 1050. The number of aromatic nitrogens is 4. The maximum Gasteiger partial charge on any atom is 0.214 e. The van der Waals surface area contributed by atoms with Gasteiger partial charge in [0.25, 0.3) is 0 Å². The summed E-state index contributed by atoms with van der Waals surface area (Å²) in [7, 11) is 1.90. The Hall–Kier alpha value is -2.31. The molecule has 11 heteroatoms. The second-order valence-corrected chi connectivity index (χ2v) is 10.3. The lowest BCUT2D eigenvalue weighted by Gasteiger charge is -2.26. The molecule has 0 amide bonds. The molecule has 9 nitrogen and oxygen atoms in total. The molecule has 2 aromatic carbocycles. The molecule has 1 N–H and O–H groups in total. The number of aliphatic hydroxyl groups excluding tert-OH is 1. The molecule has 168 valence electrons. The number of aliphatic hydroxyl groups is 1. The Morgan fingerprint density at radius 1 is 1.10 bits per heavy atom. The van der Waals surface area contributed by atoms with Gasteiger partial charge < -0.3 is 14.1 Å². The summed E-state index contributed by atoms with van der Waals surface area (Å²) in [6, 6.07) is 15.5. The van der Waals surface area contributed by atoms with Crippen LogP contribution in [0.3, 0.4) is 0 Å². The molecular weight excluding hydrogens is 438 g/mol. The first-order valence-electron chi connectivity index (χ1n) is 9.43. The van der Waals surface area contributed by atoms with Crippen LogP contribution in [0.5, 0.6) is 0 Å². The third kappa shape index (κ3) is 8.75. The Morgan fingerprint density at radius 2 is 1.71 bits per heavy atom. The van der Waals surface area contributed by atoms with Gasteiger partial charge in [0.05, 0.1) is 31.7 Å². The summed E-state index contributed by atoms with van der Waals surface area (Å²) < 4.78 is 33.6. The summed E-state index contributed by atoms with van der Waals surface area (Å²) in [5, 5.41) is 22.4. The molecule has 3 aromatic rings. The molecule has 0 spiro atoms. The van der Waals surface area contributed by atoms with Crippen LogP contribution in [0, 0.1) is 6.92 Å². The fourth-order valence-electron chi connectivity index (χ4n) is 2.56. The summed E-state index contributed by atoms with van der Waals surface area (Å²) in [5.41, 5.74) is 1.85. The molecule has 0 radical (unpaired) electrons. The van der Waals surface area contributed by atoms with Gasteiger partial charge in [-0.05, 0) is 41.6 Å². The van der Waals surface area contributed by atoms with E-state index < -0.39 is 10.1 Å². The normalized spacial score (nSPS) is 12.7. The first kappa shape index (κ1) is 25.0. The lowest BCUT2D eigenvalue weighted by molar-refractivity contribution is -0.873. The van der Waals surface area contributed by atoms with Crippen LogP contribution in [0.4, 0.5) is 0 Å². The average molecular weight is 466 g/mol. The first-order chi connectivity index (χ1) is 14.5. The van der Waals surface area contributed by atoms with Crippen LogP contribution in [0.25, 0.3) is 5.69 Å². The SMILES string of the molecule is C[N+](C)(C)CC(O)CSc1nnnn1-c1ccccc1.Cc1ccc(S(=O)(=O)[O-])cc1. The van der Waals surface area contributed by atoms with Crippen molar-refractivity contribution in [3.63, 3.8) is 0 Å². The van der Waals surface area contributed by atoms with E-state index in [1.165, 1.54) is 23.9 Å². The number of hydrogen-bond acceptors (Lipinski definition) is 8. The number of nitrogens with zero attached hydrogens (tertiary/aromatic N) is 5. The van der Waals surface area contributed by atoms with Crippen molar-refractivity contribution >= 4 is 21.9 Å². The number of benzene rings is 2. The van der Waals surface area contributed by atoms with Crippen LogP contribution >= 0.6 is 11.8 Å². The van der Waals surface area contributed by atoms with Gasteiger partial charge in [-0.25, -0.2) is 8.42 Å². The summed E-state index contributed by atoms with van der Waals surface area (Å²) in [4.78, 5) is -0.178. The molecule has 0 fully saturated rings. The predicted molar refractivity (Wildman–Crippen MR) is 118 cm³/mol. The lowest BCUT2D eigenvalue weighted by Crippen LogP contribution is -2.42. The van der Waals surface area contributed by atoms with Crippen molar-refractivity contribution in [1.82, 2.24) is 20.2 Å². The van der Waals surface area contributed by atoms with Crippen LogP contribution in [0.15, 0.2) is 64.6 Å². The zero-order valence-corrected chi connectivity index (χ0v) is 19.5. The van der Waals surface area contributed by atoms with E-state index in [1.54, 1.807) is 16.8 Å². The van der Waals surface area contributed by atoms with Crippen LogP contribution in [0.2, 0.25) is 0 Å². The minimum Gasteiger partial charge on any atom is -0.744 e. The van der Waals surface area contributed by atoms with Crippen LogP contribution in [0.1, 0.15) is 5.56 Å². The molecule has 0 saturated heterocycles. The monoisotopic (exact) mass is 465 g/mol. The lowest BCUT2D eigenvalue weighted by atomic mass is 10.2. The number of thioether (sulfide) groups is 1. The maximum atomic E-state index is 10.4. The zero-order chi connectivity index (χ0) is 23.1. The third-order valence-corrected chi connectivity index (χ3v) is 5.83. The van der Waals surface area contributed by atoms with Gasteiger partial charge in [-0.2, -0.15) is 4.68 Å². The second-order valence-electron chi connectivity index (χ2n) is 7.91. The second kappa shape index (κ2) is 10.8. The summed E-state index contributed by atoms with van der Waals surface area (Å²) in [6.07, 6.45) is -0.388. The van der Waals surface area contributed by atoms with Crippen molar-refractivity contribution in [1.29, 1.82) is 0 Å². The van der Waals surface area contributed by atoms with Crippen LogP contribution in [-0.2, 0) is 10.1 Å². The van der Waals surface area contributed by atoms with E-state index in [1.807, 2.05) is 37.3 Å². The Morgan fingerprint density at radius 3 is 2.26 bits per heavy atom. The van der Waals surface area contributed by atoms with Crippen molar-refractivity contribution in [2.45, 2.75) is 23.1 Å². The molecule has 1 atom stereocenters. The highest BCUT2D eigenvalue weighted by Crippen LogP contribution is 2.19. The number of tetrazole rings is 1. The van der Waals surface area contributed by atoms with E-state index >= 15 is 0 Å². The van der Waals surface area contributed by atoms with Crippen molar-refractivity contribution in [2.75, 3.05) is 33.4 Å². The molecule has 0 aliphatic carbocycles. The quantitative estimate of drug-likeness (QED) is 0.318. The van der Waals surface area contributed by atoms with Gasteiger partial charge in [0.1, 0.15) is 22.8 Å². The molecule has 1 unspecified atom stereocenters. The van der Waals surface area contributed by atoms with Gasteiger partial charge >= 0.3 is 0 Å². The number of quaternary nitrogens is 1. The highest BCUT2D eigenvalue weighted by molar-refractivity contribution is 7.99. The molecule has 3 rings (SSSR count). The van der Waals surface area contributed by atoms with E-state index in [0.717, 1.165) is 15.7 Å². The maximum absolute atomic E-state index is 10.4. The van der Waals surface area contributed by atoms with Gasteiger partial charge in [0, 0.05) is 5.75 Å². The van der Waals surface area contributed by atoms with Gasteiger partial charge in [-0.1, -0.05) is 47.7 Å². The number of likely N-dealkylation sites (N-methyl/N-ethyl adjacent to an activating group) is 1. The highest BCUT2D eigenvalue weighted by Gasteiger charge is 2.17. The number of hydrogen-bond donors (Lipinski definition) is 1. The molecule has 31 heavy (non-hydrogen) atoms. The summed E-state index contributed by atoms with van der Waals surface area (Å²) in [6.45, 7) is 2.51. The molecule has 1 aromatic heterocycles. The van der Waals surface area contributed by atoms with E-state index in [4.69, 9.17) is 0 Å². The third-order valence-electron chi connectivity index (χ3n) is 3.91. The minimum absolute atomic E-state index is 0.178. The van der Waals surface area contributed by atoms with Crippen molar-refractivity contribution in [3.05, 3.63) is 60.2 Å². The topological polar surface area (TPSA) is 121 Å². The predicted octanol–water partition coefficient (Wildman–Crippen LogP) is 1.72. The molecule has 0 aliphatic rings. The number of para-hydroxylation sites is 1. The van der Waals surface area contributed by atoms with E-state index in [0.29, 0.717) is 17.5 Å². The highest BCUT2D eigenvalue weighted by atomic mass is 32.2. The van der Waals surface area contributed by atoms with Crippen LogP contribution in [-0.4, -0.2) is 82.3 Å². The van der Waals surface area contributed by atoms with Gasteiger partial charge in [-0.3, -0.25) is 0 Å². The molecular formula is C20H27N5O4S2. The number of aryl methyl sites for hydroxylation is 1. The molecule has 0 saturated carbocycles.